The normalized spacial score (nSPS) is 23.2. The van der Waals surface area contributed by atoms with Gasteiger partial charge in [0, 0.05) is 40.2 Å². The Balaban J connectivity index is 1.54. The van der Waals surface area contributed by atoms with E-state index < -0.39 is 39.9 Å². The predicted octanol–water partition coefficient (Wildman–Crippen LogP) is 6.49. The number of ketones is 2. The molecule has 1 saturated heterocycles. The van der Waals surface area contributed by atoms with Crippen LogP contribution in [-0.4, -0.2) is 34.5 Å². The molecule has 0 aliphatic carbocycles. The van der Waals surface area contributed by atoms with Crippen LogP contribution in [0.4, 0.5) is 17.1 Å². The number of allylic oxidation sites excluding steroid dienone is 1. The molecule has 4 atom stereocenters. The Morgan fingerprint density at radius 1 is 0.907 bits per heavy atom. The van der Waals surface area contributed by atoms with Crippen molar-refractivity contribution in [2.45, 2.75) is 24.4 Å². The number of hydrogen-bond donors (Lipinski definition) is 1. The lowest BCUT2D eigenvalue weighted by Gasteiger charge is -2.39. The Morgan fingerprint density at radius 3 is 2.33 bits per heavy atom. The summed E-state index contributed by atoms with van der Waals surface area (Å²) >= 11 is 6.58. The van der Waals surface area contributed by atoms with Gasteiger partial charge in [0.05, 0.1) is 21.9 Å². The van der Waals surface area contributed by atoms with Crippen molar-refractivity contribution in [3.05, 3.63) is 141 Å². The van der Waals surface area contributed by atoms with Crippen LogP contribution in [0.5, 0.6) is 0 Å². The first-order valence-electron chi connectivity index (χ1n) is 13.8. The van der Waals surface area contributed by atoms with Crippen molar-refractivity contribution >= 4 is 51.7 Å². The van der Waals surface area contributed by atoms with E-state index in [0.717, 1.165) is 16.8 Å². The minimum Gasteiger partial charge on any atom is -0.352 e. The zero-order chi connectivity index (χ0) is 30.0. The van der Waals surface area contributed by atoms with E-state index in [4.69, 9.17) is 11.6 Å². The van der Waals surface area contributed by atoms with Gasteiger partial charge in [-0.25, -0.2) is 0 Å². The maximum absolute atomic E-state index is 14.9. The largest absolute Gasteiger partial charge is 0.352 e. The molecule has 0 saturated carbocycles. The van der Waals surface area contributed by atoms with Crippen molar-refractivity contribution < 1.29 is 19.3 Å². The quantitative estimate of drug-likeness (QED) is 0.162. The monoisotopic (exact) mass is 589 g/mol. The molecule has 0 unspecified atom stereocenters. The number of Topliss-reactive ketones (excluding diaryl/α,β-unsaturated/α-hetero) is 2. The number of carbonyl (C=O) groups excluding carboxylic acids is 3. The molecule has 1 spiro atoms. The second-order valence-electron chi connectivity index (χ2n) is 11.0. The lowest BCUT2D eigenvalue weighted by molar-refractivity contribution is -0.384. The van der Waals surface area contributed by atoms with Crippen molar-refractivity contribution in [3.63, 3.8) is 0 Å². The summed E-state index contributed by atoms with van der Waals surface area (Å²) in [7, 11) is 0. The highest BCUT2D eigenvalue weighted by Crippen LogP contribution is 2.59. The summed E-state index contributed by atoms with van der Waals surface area (Å²) in [6, 6.07) is 25.0. The van der Waals surface area contributed by atoms with E-state index in [-0.39, 0.29) is 27.7 Å². The summed E-state index contributed by atoms with van der Waals surface area (Å²) in [4.78, 5) is 56.7. The van der Waals surface area contributed by atoms with Gasteiger partial charge in [-0.05, 0) is 54.5 Å². The molecule has 3 heterocycles. The van der Waals surface area contributed by atoms with Gasteiger partial charge < -0.3 is 10.2 Å². The SMILES string of the molecule is CC1=C[C@@H]2N(c3ccccc31)[C@@H](C(=O)c1ccc([N+](=O)[O-])cc1)[C@H](C(=O)c1ccccc1Cl)[C@@]21C(=O)Nc2ccccc21. The third-order valence-electron chi connectivity index (χ3n) is 8.94. The fraction of sp³-hybridized carbons (Fsp3) is 0.147. The van der Waals surface area contributed by atoms with E-state index >= 15 is 0 Å². The molecule has 1 amide bonds. The topological polar surface area (TPSA) is 110 Å². The Kier molecular flexibility index (Phi) is 6.07. The highest BCUT2D eigenvalue weighted by Gasteiger charge is 2.70. The fourth-order valence-electron chi connectivity index (χ4n) is 7.13. The zero-order valence-electron chi connectivity index (χ0n) is 22.9. The van der Waals surface area contributed by atoms with Crippen LogP contribution in [0, 0.1) is 16.0 Å². The van der Waals surface area contributed by atoms with E-state index in [1.54, 1.807) is 30.3 Å². The maximum atomic E-state index is 14.9. The van der Waals surface area contributed by atoms with Crippen molar-refractivity contribution in [2.75, 3.05) is 10.2 Å². The molecule has 9 heteroatoms. The van der Waals surface area contributed by atoms with Crippen molar-refractivity contribution in [2.24, 2.45) is 5.92 Å². The van der Waals surface area contributed by atoms with Gasteiger partial charge in [0.25, 0.3) is 5.69 Å². The van der Waals surface area contributed by atoms with Gasteiger partial charge in [0.15, 0.2) is 11.6 Å². The molecule has 4 aromatic carbocycles. The van der Waals surface area contributed by atoms with Gasteiger partial charge in [-0.3, -0.25) is 24.5 Å². The molecule has 1 N–H and O–H groups in total. The first-order valence-corrected chi connectivity index (χ1v) is 14.2. The summed E-state index contributed by atoms with van der Waals surface area (Å²) < 4.78 is 0. The third-order valence-corrected chi connectivity index (χ3v) is 9.27. The van der Waals surface area contributed by atoms with Crippen molar-refractivity contribution in [1.82, 2.24) is 0 Å². The van der Waals surface area contributed by atoms with Crippen LogP contribution < -0.4 is 10.2 Å². The average Bonchev–Trinajstić information content (AvgIpc) is 3.49. The molecule has 43 heavy (non-hydrogen) atoms. The number of carbonyl (C=O) groups is 3. The average molecular weight is 590 g/mol. The number of nitrogens with one attached hydrogen (secondary N) is 1. The van der Waals surface area contributed by atoms with Crippen LogP contribution in [0.3, 0.4) is 0 Å². The van der Waals surface area contributed by atoms with Gasteiger partial charge in [-0.2, -0.15) is 0 Å². The molecular weight excluding hydrogens is 566 g/mol. The minimum atomic E-state index is -1.48. The number of benzene rings is 4. The highest BCUT2D eigenvalue weighted by atomic mass is 35.5. The summed E-state index contributed by atoms with van der Waals surface area (Å²) in [5.74, 6) is -2.44. The minimum absolute atomic E-state index is 0.160. The Morgan fingerprint density at radius 2 is 1.58 bits per heavy atom. The van der Waals surface area contributed by atoms with E-state index in [9.17, 15) is 24.5 Å². The molecule has 212 valence electrons. The number of hydrogen-bond acceptors (Lipinski definition) is 6. The van der Waals surface area contributed by atoms with Crippen LogP contribution in [0.25, 0.3) is 5.57 Å². The number of nitrogens with zero attached hydrogens (tertiary/aromatic N) is 2. The van der Waals surface area contributed by atoms with Crippen molar-refractivity contribution in [3.8, 4) is 0 Å². The fourth-order valence-corrected chi connectivity index (χ4v) is 7.36. The molecule has 0 radical (unpaired) electrons. The number of amides is 1. The number of nitro benzene ring substituents is 1. The molecule has 0 aromatic heterocycles. The summed E-state index contributed by atoms with van der Waals surface area (Å²) in [5, 5.41) is 14.6. The zero-order valence-corrected chi connectivity index (χ0v) is 23.6. The van der Waals surface area contributed by atoms with Crippen molar-refractivity contribution in [1.29, 1.82) is 0 Å². The third kappa shape index (κ3) is 3.73. The number of nitro groups is 1. The smallest absolute Gasteiger partial charge is 0.269 e. The van der Waals surface area contributed by atoms with Crippen LogP contribution in [0.15, 0.2) is 103 Å². The molecule has 3 aliphatic heterocycles. The van der Waals surface area contributed by atoms with E-state index in [0.29, 0.717) is 11.3 Å². The number of non-ortho nitro benzene ring substituents is 1. The first kappa shape index (κ1) is 26.8. The summed E-state index contributed by atoms with van der Waals surface area (Å²) in [6.07, 6.45) is 1.97. The lowest BCUT2D eigenvalue weighted by atomic mass is 9.64. The summed E-state index contributed by atoms with van der Waals surface area (Å²) in [6.45, 7) is 1.96. The number of para-hydroxylation sites is 2. The van der Waals surface area contributed by atoms with Crippen LogP contribution in [0.2, 0.25) is 5.02 Å². The van der Waals surface area contributed by atoms with Crippen LogP contribution in [-0.2, 0) is 10.2 Å². The molecule has 8 nitrogen and oxygen atoms in total. The first-order chi connectivity index (χ1) is 20.7. The second kappa shape index (κ2) is 9.74. The van der Waals surface area contributed by atoms with Gasteiger partial charge in [0.1, 0.15) is 11.5 Å². The molecule has 4 aromatic rings. The van der Waals surface area contributed by atoms with Gasteiger partial charge >= 0.3 is 0 Å². The second-order valence-corrected chi connectivity index (χ2v) is 11.4. The summed E-state index contributed by atoms with van der Waals surface area (Å²) in [5.41, 5.74) is 2.49. The van der Waals surface area contributed by atoms with Gasteiger partial charge in [-0.15, -0.1) is 0 Å². The molecule has 0 bridgehead atoms. The molecule has 3 aliphatic rings. The Hall–Kier alpha value is -5.08. The highest BCUT2D eigenvalue weighted by molar-refractivity contribution is 6.34. The molecule has 7 rings (SSSR count). The predicted molar refractivity (Wildman–Crippen MR) is 164 cm³/mol. The standard InChI is InChI=1S/C34H24ClN3O5/c1-19-18-28-34(24-10-4-6-12-26(24)36-33(34)41)29(32(40)23-9-2-5-11-25(23)35)30(37(28)27-13-7-3-8-22(19)27)31(39)20-14-16-21(17-15-20)38(42)43/h2-18,28-30H,1H3,(H,36,41)/t28-,29+,30+,34-/m0/s1. The molecular formula is C34H24ClN3O5. The van der Waals surface area contributed by atoms with Crippen LogP contribution in [0.1, 0.15) is 38.8 Å². The Labute approximate surface area is 251 Å². The Bertz CT molecular complexity index is 1900. The number of fused-ring (bicyclic) bond motifs is 6. The number of rotatable bonds is 5. The molecule has 1 fully saturated rings. The number of halogens is 1. The maximum Gasteiger partial charge on any atom is 0.269 e. The van der Waals surface area contributed by atoms with Gasteiger partial charge in [-0.1, -0.05) is 66.2 Å². The van der Waals surface area contributed by atoms with Crippen LogP contribution >= 0.6 is 11.6 Å². The van der Waals surface area contributed by atoms with E-state index in [1.165, 1.54) is 24.3 Å². The number of anilines is 2. The lowest BCUT2D eigenvalue weighted by Crippen LogP contribution is -2.51. The van der Waals surface area contributed by atoms with Gasteiger partial charge in [0.2, 0.25) is 5.91 Å². The van der Waals surface area contributed by atoms with E-state index in [1.807, 2.05) is 60.4 Å². The van der Waals surface area contributed by atoms with E-state index in [2.05, 4.69) is 5.32 Å².